The van der Waals surface area contributed by atoms with Crippen LogP contribution in [0.3, 0.4) is 0 Å². The van der Waals surface area contributed by atoms with Gasteiger partial charge >= 0.3 is 0 Å². The lowest BCUT2D eigenvalue weighted by molar-refractivity contribution is 0.0989. The highest BCUT2D eigenvalue weighted by molar-refractivity contribution is 6.11. The van der Waals surface area contributed by atoms with Crippen LogP contribution >= 0.6 is 0 Å². The topological polar surface area (TPSA) is 123 Å². The van der Waals surface area contributed by atoms with Crippen LogP contribution in [0.4, 0.5) is 0 Å². The molecule has 8 heteroatoms. The molecule has 0 bridgehead atoms. The number of amides is 2. The fraction of sp³-hybridized carbons (Fsp3) is 0.440. The largest absolute Gasteiger partial charge is 0.493 e. The molecule has 2 aromatic carbocycles. The highest BCUT2D eigenvalue weighted by Crippen LogP contribution is 2.53. The summed E-state index contributed by atoms with van der Waals surface area (Å²) in [5, 5.41) is 0. The van der Waals surface area contributed by atoms with Crippen molar-refractivity contribution in [2.45, 2.75) is 53.4 Å². The smallest absolute Gasteiger partial charge is 0.249 e. The Morgan fingerprint density at radius 2 is 1.15 bits per heavy atom. The maximum absolute atomic E-state index is 12.9. The Morgan fingerprint density at radius 1 is 0.697 bits per heavy atom. The summed E-state index contributed by atoms with van der Waals surface area (Å²) in [6, 6.07) is 0. The van der Waals surface area contributed by atoms with E-state index in [0.717, 1.165) is 11.1 Å². The molecule has 0 aromatic heterocycles. The lowest BCUT2D eigenvalue weighted by Crippen LogP contribution is -2.21. The number of nitrogens with two attached hydrogens (primary N) is 2. The predicted octanol–water partition coefficient (Wildman–Crippen LogP) is 3.55. The van der Waals surface area contributed by atoms with Gasteiger partial charge in [0.25, 0.3) is 0 Å². The maximum atomic E-state index is 12.9. The zero-order valence-corrected chi connectivity index (χ0v) is 20.1. The van der Waals surface area contributed by atoms with Gasteiger partial charge in [0, 0.05) is 27.8 Å². The second kappa shape index (κ2) is 9.60. The predicted molar refractivity (Wildman–Crippen MR) is 126 cm³/mol. The molecular weight excluding hydrogens is 424 g/mol. The van der Waals surface area contributed by atoms with Crippen molar-refractivity contribution >= 4 is 11.8 Å². The van der Waals surface area contributed by atoms with Crippen molar-refractivity contribution < 1.29 is 28.5 Å². The summed E-state index contributed by atoms with van der Waals surface area (Å²) < 4.78 is 23.2. The van der Waals surface area contributed by atoms with Crippen LogP contribution < -0.4 is 30.4 Å². The third-order valence-electron chi connectivity index (χ3n) is 6.20. The van der Waals surface area contributed by atoms with Crippen LogP contribution in [-0.4, -0.2) is 32.8 Å². The number of hydrogen-bond donors (Lipinski definition) is 2. The summed E-state index contributed by atoms with van der Waals surface area (Å²) in [6.45, 7) is 7.77. The fourth-order valence-corrected chi connectivity index (χ4v) is 4.97. The van der Waals surface area contributed by atoms with Crippen molar-refractivity contribution in [3.05, 3.63) is 33.4 Å². The maximum Gasteiger partial charge on any atom is 0.249 e. The summed E-state index contributed by atoms with van der Waals surface area (Å²) in [5.74, 6) is 0.643. The number of ether oxygens (including phenoxy) is 4. The Balaban J connectivity index is 2.70. The average Bonchev–Trinajstić information content (AvgIpc) is 3.29. The second-order valence-electron chi connectivity index (χ2n) is 7.69. The van der Waals surface area contributed by atoms with Crippen molar-refractivity contribution in [1.29, 1.82) is 0 Å². The van der Waals surface area contributed by atoms with E-state index in [2.05, 4.69) is 0 Å². The second-order valence-corrected chi connectivity index (χ2v) is 7.69. The van der Waals surface area contributed by atoms with E-state index in [1.165, 1.54) is 7.11 Å². The van der Waals surface area contributed by atoms with E-state index < -0.39 is 11.8 Å². The van der Waals surface area contributed by atoms with Gasteiger partial charge in [-0.3, -0.25) is 9.59 Å². The average molecular weight is 457 g/mol. The fourth-order valence-electron chi connectivity index (χ4n) is 4.97. The number of rotatable bonds is 9. The molecule has 4 N–H and O–H groups in total. The third-order valence-corrected chi connectivity index (χ3v) is 6.20. The van der Waals surface area contributed by atoms with Crippen LogP contribution in [0.5, 0.6) is 23.0 Å². The third kappa shape index (κ3) is 3.63. The van der Waals surface area contributed by atoms with Gasteiger partial charge in [0.15, 0.2) is 23.0 Å². The minimum Gasteiger partial charge on any atom is -0.493 e. The highest BCUT2D eigenvalue weighted by Gasteiger charge is 2.36. The van der Waals surface area contributed by atoms with Gasteiger partial charge in [0.1, 0.15) is 0 Å². The summed E-state index contributed by atoms with van der Waals surface area (Å²) in [5.41, 5.74) is 16.3. The molecule has 0 fully saturated rings. The minimum absolute atomic E-state index is 0.00197. The number of benzene rings is 2. The Kier molecular flexibility index (Phi) is 7.05. The summed E-state index contributed by atoms with van der Waals surface area (Å²) in [4.78, 5) is 25.8. The Morgan fingerprint density at radius 3 is 1.61 bits per heavy atom. The van der Waals surface area contributed by atoms with Crippen LogP contribution in [0.2, 0.25) is 0 Å². The molecule has 8 nitrogen and oxygen atoms in total. The van der Waals surface area contributed by atoms with E-state index in [-0.39, 0.29) is 12.4 Å². The van der Waals surface area contributed by atoms with Crippen molar-refractivity contribution in [3.63, 3.8) is 0 Å². The number of carbonyl (C=O) groups excluding carboxylic acids is 2. The van der Waals surface area contributed by atoms with Gasteiger partial charge < -0.3 is 30.4 Å². The van der Waals surface area contributed by atoms with E-state index in [0.29, 0.717) is 76.5 Å². The van der Waals surface area contributed by atoms with Crippen LogP contribution in [-0.2, 0) is 25.7 Å². The Bertz CT molecular complexity index is 1120. The van der Waals surface area contributed by atoms with E-state index in [1.807, 2.05) is 27.7 Å². The molecular formula is C25H32N2O6. The van der Waals surface area contributed by atoms with Gasteiger partial charge in [0.2, 0.25) is 18.6 Å². The molecule has 0 radical (unpaired) electrons. The highest BCUT2D eigenvalue weighted by atomic mass is 16.7. The van der Waals surface area contributed by atoms with Crippen molar-refractivity contribution in [3.8, 4) is 34.1 Å². The van der Waals surface area contributed by atoms with Crippen LogP contribution in [0.15, 0.2) is 0 Å². The molecule has 0 aliphatic carbocycles. The quantitative estimate of drug-likeness (QED) is 0.595. The molecule has 33 heavy (non-hydrogen) atoms. The molecule has 178 valence electrons. The zero-order valence-electron chi connectivity index (χ0n) is 20.1. The number of fused-ring (bicyclic) bond motifs is 1. The first-order valence-corrected chi connectivity index (χ1v) is 11.2. The number of hydrogen-bond acceptors (Lipinski definition) is 6. The Hall–Kier alpha value is -3.42. The van der Waals surface area contributed by atoms with Crippen molar-refractivity contribution in [2.24, 2.45) is 11.5 Å². The van der Waals surface area contributed by atoms with Crippen molar-refractivity contribution in [2.75, 3.05) is 21.0 Å². The molecule has 2 aromatic rings. The molecule has 0 saturated carbocycles. The molecule has 3 rings (SSSR count). The summed E-state index contributed by atoms with van der Waals surface area (Å²) in [6.07, 6.45) is 2.11. The van der Waals surface area contributed by atoms with Gasteiger partial charge in [-0.1, -0.05) is 27.7 Å². The minimum atomic E-state index is -0.641. The first-order chi connectivity index (χ1) is 15.8. The lowest BCUT2D eigenvalue weighted by Gasteiger charge is -2.26. The van der Waals surface area contributed by atoms with Crippen LogP contribution in [0, 0.1) is 0 Å². The van der Waals surface area contributed by atoms with Crippen LogP contribution in [0.1, 0.15) is 70.7 Å². The number of methoxy groups -OCH3 is 2. The first kappa shape index (κ1) is 24.2. The molecule has 0 saturated heterocycles. The molecule has 0 unspecified atom stereocenters. The van der Waals surface area contributed by atoms with E-state index in [4.69, 9.17) is 30.4 Å². The molecule has 1 heterocycles. The van der Waals surface area contributed by atoms with Gasteiger partial charge in [-0.15, -0.1) is 0 Å². The molecule has 1 aliphatic rings. The van der Waals surface area contributed by atoms with Gasteiger partial charge in [-0.2, -0.15) is 0 Å². The normalized spacial score (nSPS) is 12.1. The number of primary amides is 2. The van der Waals surface area contributed by atoms with Crippen molar-refractivity contribution in [1.82, 2.24) is 0 Å². The van der Waals surface area contributed by atoms with Gasteiger partial charge in [0.05, 0.1) is 25.3 Å². The van der Waals surface area contributed by atoms with Gasteiger partial charge in [-0.05, 0) is 31.2 Å². The molecule has 0 atom stereocenters. The molecule has 1 aliphatic heterocycles. The van der Waals surface area contributed by atoms with E-state index in [9.17, 15) is 9.59 Å². The Labute approximate surface area is 194 Å². The lowest BCUT2D eigenvalue weighted by atomic mass is 9.81. The van der Waals surface area contributed by atoms with Gasteiger partial charge in [-0.25, -0.2) is 0 Å². The van der Waals surface area contributed by atoms with E-state index >= 15 is 0 Å². The van der Waals surface area contributed by atoms with E-state index in [1.54, 1.807) is 7.11 Å². The molecule has 2 amide bonds. The first-order valence-electron chi connectivity index (χ1n) is 11.2. The summed E-state index contributed by atoms with van der Waals surface area (Å²) in [7, 11) is 3.07. The number of carbonyl (C=O) groups is 2. The molecule has 0 spiro atoms. The standard InChI is InChI=1S/C25H32N2O6/c1-7-12-13(8-2)22-23(33-11-32-22)19(17(12)24(26)28)16-14(9-3)20(30-5)21(31-6)15(10-4)18(16)25(27)29/h7-11H2,1-6H3,(H2,26,28)(H2,27,29). The summed E-state index contributed by atoms with van der Waals surface area (Å²) >= 11 is 0. The van der Waals surface area contributed by atoms with Crippen LogP contribution in [0.25, 0.3) is 11.1 Å². The SMILES string of the molecule is CCc1c(CC)c(C(N)=O)c(-c2c(CC)c(OC)c(OC)c(CC)c2C(N)=O)c2c1OCO2. The monoisotopic (exact) mass is 456 g/mol. The zero-order chi connectivity index (χ0) is 24.4.